The number of benzene rings is 2. The molecule has 1 aliphatic heterocycles. The Labute approximate surface area is 158 Å². The van der Waals surface area contributed by atoms with Crippen molar-refractivity contribution in [2.45, 2.75) is 23.2 Å². The molecular formula is C19H15FN4O2S. The summed E-state index contributed by atoms with van der Waals surface area (Å²) in [6.07, 6.45) is 0.170. The van der Waals surface area contributed by atoms with Gasteiger partial charge in [0.25, 0.3) is 0 Å². The molecule has 1 N–H and O–H groups in total. The van der Waals surface area contributed by atoms with Crippen molar-refractivity contribution in [1.82, 2.24) is 14.9 Å². The van der Waals surface area contributed by atoms with Gasteiger partial charge < -0.3 is 5.11 Å². The fourth-order valence-electron chi connectivity index (χ4n) is 2.90. The number of aliphatic carboxylic acids is 1. The fraction of sp³-hybridized carbons (Fsp3) is 0.158. The highest BCUT2D eigenvalue weighted by atomic mass is 32.2. The number of carboxylic acid groups (broad SMARTS) is 1. The molecule has 8 heteroatoms. The number of hydrogen-bond acceptors (Lipinski definition) is 5. The van der Waals surface area contributed by atoms with Gasteiger partial charge in [0.15, 0.2) is 5.82 Å². The molecule has 2 aromatic carbocycles. The van der Waals surface area contributed by atoms with Crippen molar-refractivity contribution < 1.29 is 14.3 Å². The van der Waals surface area contributed by atoms with Crippen molar-refractivity contribution in [2.24, 2.45) is 5.10 Å². The van der Waals surface area contributed by atoms with Crippen LogP contribution in [0.15, 0.2) is 64.9 Å². The van der Waals surface area contributed by atoms with Gasteiger partial charge in [0, 0.05) is 6.42 Å². The van der Waals surface area contributed by atoms with Crippen LogP contribution in [-0.2, 0) is 11.2 Å². The summed E-state index contributed by atoms with van der Waals surface area (Å²) in [7, 11) is 0. The maximum atomic E-state index is 14.0. The lowest BCUT2D eigenvalue weighted by Gasteiger charge is -2.22. The summed E-state index contributed by atoms with van der Waals surface area (Å²) in [4.78, 5) is 11.3. The van der Waals surface area contributed by atoms with Gasteiger partial charge in [0.05, 0.1) is 17.4 Å². The Kier molecular flexibility index (Phi) is 4.72. The molecule has 2 heterocycles. The smallest absolute Gasteiger partial charge is 0.304 e. The van der Waals surface area contributed by atoms with Crippen molar-refractivity contribution in [3.8, 4) is 0 Å². The Morgan fingerprint density at radius 3 is 2.59 bits per heavy atom. The van der Waals surface area contributed by atoms with Gasteiger partial charge in [0.1, 0.15) is 5.82 Å². The van der Waals surface area contributed by atoms with Gasteiger partial charge in [-0.15, -0.1) is 10.2 Å². The zero-order valence-corrected chi connectivity index (χ0v) is 14.9. The molecule has 27 heavy (non-hydrogen) atoms. The second-order valence-electron chi connectivity index (χ2n) is 6.03. The van der Waals surface area contributed by atoms with E-state index in [-0.39, 0.29) is 23.9 Å². The first kappa shape index (κ1) is 17.4. The molecule has 4 rings (SSSR count). The quantitative estimate of drug-likeness (QED) is 0.733. The van der Waals surface area contributed by atoms with E-state index in [1.54, 1.807) is 22.9 Å². The van der Waals surface area contributed by atoms with E-state index in [4.69, 9.17) is 0 Å². The van der Waals surface area contributed by atoms with Crippen LogP contribution in [0, 0.1) is 5.82 Å². The first-order chi connectivity index (χ1) is 13.1. The fourth-order valence-corrected chi connectivity index (χ4v) is 4.01. The molecule has 0 saturated carbocycles. The second-order valence-corrected chi connectivity index (χ2v) is 7.20. The van der Waals surface area contributed by atoms with E-state index >= 15 is 0 Å². The predicted molar refractivity (Wildman–Crippen MR) is 99.5 cm³/mol. The third kappa shape index (κ3) is 3.61. The molecule has 1 aromatic heterocycles. The normalized spacial score (nSPS) is 15.9. The van der Waals surface area contributed by atoms with Gasteiger partial charge in [-0.05, 0) is 17.2 Å². The molecule has 3 aromatic rings. The van der Waals surface area contributed by atoms with E-state index in [0.29, 0.717) is 22.3 Å². The SMILES string of the molecule is O=C(O)CC1Sc2nnc(Cc3ccccc3F)n2N=C1c1ccccc1. The number of nitrogens with zero attached hydrogens (tertiary/aromatic N) is 4. The number of carboxylic acids is 1. The lowest BCUT2D eigenvalue weighted by atomic mass is 10.1. The lowest BCUT2D eigenvalue weighted by Crippen LogP contribution is -2.27. The summed E-state index contributed by atoms with van der Waals surface area (Å²) in [5.41, 5.74) is 1.99. The number of thioether (sulfide) groups is 1. The van der Waals surface area contributed by atoms with E-state index < -0.39 is 5.97 Å². The van der Waals surface area contributed by atoms with Crippen LogP contribution in [0.4, 0.5) is 4.39 Å². The maximum Gasteiger partial charge on any atom is 0.304 e. The van der Waals surface area contributed by atoms with Crippen molar-refractivity contribution in [1.29, 1.82) is 0 Å². The highest BCUT2D eigenvalue weighted by molar-refractivity contribution is 8.00. The summed E-state index contributed by atoms with van der Waals surface area (Å²) in [5, 5.41) is 22.3. The molecule has 136 valence electrons. The Balaban J connectivity index is 1.74. The summed E-state index contributed by atoms with van der Waals surface area (Å²) >= 11 is 1.31. The van der Waals surface area contributed by atoms with Gasteiger partial charge in [-0.1, -0.05) is 60.3 Å². The number of fused-ring (bicyclic) bond motifs is 1. The van der Waals surface area contributed by atoms with E-state index in [9.17, 15) is 14.3 Å². The van der Waals surface area contributed by atoms with Crippen LogP contribution in [0.25, 0.3) is 0 Å². The van der Waals surface area contributed by atoms with Crippen LogP contribution in [0.2, 0.25) is 0 Å². The van der Waals surface area contributed by atoms with Crippen LogP contribution in [0.3, 0.4) is 0 Å². The average molecular weight is 382 g/mol. The molecule has 0 aliphatic carbocycles. The minimum absolute atomic E-state index is 0.0755. The molecule has 0 saturated heterocycles. The number of rotatable bonds is 5. The van der Waals surface area contributed by atoms with Gasteiger partial charge in [-0.2, -0.15) is 9.78 Å². The van der Waals surface area contributed by atoms with E-state index in [1.165, 1.54) is 17.8 Å². The molecule has 0 spiro atoms. The molecule has 6 nitrogen and oxygen atoms in total. The second kappa shape index (κ2) is 7.32. The molecule has 1 aliphatic rings. The zero-order chi connectivity index (χ0) is 18.8. The van der Waals surface area contributed by atoms with Crippen LogP contribution in [-0.4, -0.2) is 36.9 Å². The summed E-state index contributed by atoms with van der Waals surface area (Å²) in [5.74, 6) is -0.713. The lowest BCUT2D eigenvalue weighted by molar-refractivity contribution is -0.136. The first-order valence-electron chi connectivity index (χ1n) is 8.32. The number of aromatic nitrogens is 3. The summed E-state index contributed by atoms with van der Waals surface area (Å²) < 4.78 is 15.6. The third-order valence-corrected chi connectivity index (χ3v) is 5.31. The van der Waals surface area contributed by atoms with Crippen LogP contribution in [0.5, 0.6) is 0 Å². The zero-order valence-electron chi connectivity index (χ0n) is 14.1. The first-order valence-corrected chi connectivity index (χ1v) is 9.20. The van der Waals surface area contributed by atoms with Crippen LogP contribution >= 0.6 is 11.8 Å². The molecular weight excluding hydrogens is 367 g/mol. The number of hydrogen-bond donors (Lipinski definition) is 1. The highest BCUT2D eigenvalue weighted by Gasteiger charge is 2.30. The van der Waals surface area contributed by atoms with E-state index in [0.717, 1.165) is 5.56 Å². The topological polar surface area (TPSA) is 80.4 Å². The standard InChI is InChI=1S/C19H15FN4O2S/c20-14-9-5-4-8-13(14)10-16-21-22-19-24(16)23-18(12-6-2-1-3-7-12)15(27-19)11-17(25)26/h1-9,15H,10-11H2,(H,25,26). The van der Waals surface area contributed by atoms with Crippen molar-refractivity contribution >= 4 is 23.4 Å². The van der Waals surface area contributed by atoms with Crippen molar-refractivity contribution in [2.75, 3.05) is 0 Å². The van der Waals surface area contributed by atoms with Crippen LogP contribution in [0.1, 0.15) is 23.4 Å². The van der Waals surface area contributed by atoms with Gasteiger partial charge in [-0.3, -0.25) is 4.79 Å². The molecule has 0 radical (unpaired) electrons. The average Bonchev–Trinajstić information content (AvgIpc) is 3.05. The predicted octanol–water partition coefficient (Wildman–Crippen LogP) is 3.21. The van der Waals surface area contributed by atoms with E-state index in [1.807, 2.05) is 30.3 Å². The van der Waals surface area contributed by atoms with Crippen molar-refractivity contribution in [3.05, 3.63) is 77.4 Å². The molecule has 1 atom stereocenters. The Morgan fingerprint density at radius 2 is 1.85 bits per heavy atom. The molecule has 1 unspecified atom stereocenters. The van der Waals surface area contributed by atoms with Crippen LogP contribution < -0.4 is 0 Å². The molecule has 0 bridgehead atoms. The number of carbonyl (C=O) groups is 1. The summed E-state index contributed by atoms with van der Waals surface area (Å²) in [6, 6.07) is 15.9. The minimum atomic E-state index is -0.907. The monoisotopic (exact) mass is 382 g/mol. The molecule has 0 fully saturated rings. The van der Waals surface area contributed by atoms with Gasteiger partial charge in [-0.25, -0.2) is 4.39 Å². The Hall–Kier alpha value is -3.00. The third-order valence-electron chi connectivity index (χ3n) is 4.17. The van der Waals surface area contributed by atoms with E-state index in [2.05, 4.69) is 15.3 Å². The highest BCUT2D eigenvalue weighted by Crippen LogP contribution is 2.32. The largest absolute Gasteiger partial charge is 0.481 e. The number of halogens is 1. The Bertz CT molecular complexity index is 1020. The summed E-state index contributed by atoms with van der Waals surface area (Å²) in [6.45, 7) is 0. The van der Waals surface area contributed by atoms with Gasteiger partial charge in [0.2, 0.25) is 5.16 Å². The maximum absolute atomic E-state index is 14.0. The van der Waals surface area contributed by atoms with Crippen molar-refractivity contribution in [3.63, 3.8) is 0 Å². The van der Waals surface area contributed by atoms with Gasteiger partial charge >= 0.3 is 5.97 Å². The molecule has 0 amide bonds. The Morgan fingerprint density at radius 1 is 1.11 bits per heavy atom. The minimum Gasteiger partial charge on any atom is -0.481 e.